The average molecular weight is 194 g/mol. The average Bonchev–Trinajstić information content (AvgIpc) is 2.66. The Morgan fingerprint density at radius 2 is 2.15 bits per heavy atom. The SMILES string of the molecule is O=C1Nc2cscc2[C@@H]2CNC[C@H]12. The summed E-state index contributed by atoms with van der Waals surface area (Å²) in [5.74, 6) is 0.748. The van der Waals surface area contributed by atoms with Gasteiger partial charge in [-0.05, 0) is 10.9 Å². The van der Waals surface area contributed by atoms with E-state index < -0.39 is 0 Å². The maximum absolute atomic E-state index is 11.6. The summed E-state index contributed by atoms with van der Waals surface area (Å²) in [5.41, 5.74) is 2.35. The molecule has 1 aromatic heterocycles. The number of anilines is 1. The number of carbonyl (C=O) groups is 1. The molecule has 1 amide bonds. The molecule has 68 valence electrons. The quantitative estimate of drug-likeness (QED) is 0.647. The molecule has 13 heavy (non-hydrogen) atoms. The van der Waals surface area contributed by atoms with Crippen LogP contribution in [0.5, 0.6) is 0 Å². The van der Waals surface area contributed by atoms with Crippen molar-refractivity contribution in [3.8, 4) is 0 Å². The summed E-state index contributed by atoms with van der Waals surface area (Å²) in [4.78, 5) is 11.6. The molecule has 4 heteroatoms. The molecule has 3 heterocycles. The molecule has 0 saturated carbocycles. The molecule has 0 spiro atoms. The Bertz CT molecular complexity index is 360. The fourth-order valence-corrected chi connectivity index (χ4v) is 3.05. The predicted molar refractivity (Wildman–Crippen MR) is 52.0 cm³/mol. The molecular weight excluding hydrogens is 184 g/mol. The van der Waals surface area contributed by atoms with Gasteiger partial charge in [0.15, 0.2) is 0 Å². The van der Waals surface area contributed by atoms with Crippen molar-refractivity contribution in [3.63, 3.8) is 0 Å². The molecule has 2 aliphatic rings. The first-order chi connectivity index (χ1) is 6.36. The third kappa shape index (κ3) is 0.957. The largest absolute Gasteiger partial charge is 0.325 e. The van der Waals surface area contributed by atoms with Crippen molar-refractivity contribution in [1.29, 1.82) is 0 Å². The lowest BCUT2D eigenvalue weighted by molar-refractivity contribution is -0.120. The first kappa shape index (κ1) is 7.53. The molecule has 1 aromatic rings. The molecule has 3 nitrogen and oxygen atoms in total. The van der Waals surface area contributed by atoms with E-state index in [0.29, 0.717) is 5.92 Å². The summed E-state index contributed by atoms with van der Waals surface area (Å²) in [5, 5.41) is 10.4. The minimum atomic E-state index is 0.155. The Morgan fingerprint density at radius 1 is 1.31 bits per heavy atom. The molecule has 2 aliphatic heterocycles. The predicted octanol–water partition coefficient (Wildman–Crippen LogP) is 1.00. The monoisotopic (exact) mass is 194 g/mol. The zero-order valence-electron chi connectivity index (χ0n) is 7.04. The minimum absolute atomic E-state index is 0.155. The highest BCUT2D eigenvalue weighted by molar-refractivity contribution is 7.08. The zero-order valence-corrected chi connectivity index (χ0v) is 7.86. The molecule has 0 unspecified atom stereocenters. The van der Waals surface area contributed by atoms with Gasteiger partial charge in [0.25, 0.3) is 0 Å². The summed E-state index contributed by atoms with van der Waals surface area (Å²) >= 11 is 1.66. The molecule has 2 N–H and O–H groups in total. The second kappa shape index (κ2) is 2.56. The van der Waals surface area contributed by atoms with Crippen LogP contribution >= 0.6 is 11.3 Å². The van der Waals surface area contributed by atoms with Crippen molar-refractivity contribution < 1.29 is 4.79 Å². The van der Waals surface area contributed by atoms with Crippen LogP contribution in [0.15, 0.2) is 10.8 Å². The first-order valence-electron chi connectivity index (χ1n) is 4.44. The van der Waals surface area contributed by atoms with Gasteiger partial charge >= 0.3 is 0 Å². The lowest BCUT2D eigenvalue weighted by atomic mass is 9.86. The number of hydrogen-bond acceptors (Lipinski definition) is 3. The highest BCUT2D eigenvalue weighted by atomic mass is 32.1. The van der Waals surface area contributed by atoms with Gasteiger partial charge in [-0.1, -0.05) is 0 Å². The lowest BCUT2D eigenvalue weighted by Gasteiger charge is -2.24. The van der Waals surface area contributed by atoms with E-state index in [9.17, 15) is 4.79 Å². The van der Waals surface area contributed by atoms with Crippen molar-refractivity contribution in [1.82, 2.24) is 5.32 Å². The van der Waals surface area contributed by atoms with Gasteiger partial charge < -0.3 is 10.6 Å². The van der Waals surface area contributed by atoms with Gasteiger partial charge in [-0.2, -0.15) is 0 Å². The second-order valence-corrected chi connectivity index (χ2v) is 4.34. The van der Waals surface area contributed by atoms with Gasteiger partial charge in [-0.15, -0.1) is 11.3 Å². The Hall–Kier alpha value is -0.870. The molecule has 3 rings (SSSR count). The number of amides is 1. The van der Waals surface area contributed by atoms with Crippen LogP contribution in [0.3, 0.4) is 0 Å². The van der Waals surface area contributed by atoms with Crippen LogP contribution in [-0.2, 0) is 4.79 Å². The minimum Gasteiger partial charge on any atom is -0.325 e. The lowest BCUT2D eigenvalue weighted by Crippen LogP contribution is -2.32. The van der Waals surface area contributed by atoms with Gasteiger partial charge in [-0.25, -0.2) is 0 Å². The van der Waals surface area contributed by atoms with Crippen molar-refractivity contribution in [2.24, 2.45) is 5.92 Å². The van der Waals surface area contributed by atoms with Crippen LogP contribution in [-0.4, -0.2) is 19.0 Å². The van der Waals surface area contributed by atoms with E-state index in [1.165, 1.54) is 5.56 Å². The topological polar surface area (TPSA) is 41.1 Å². The highest BCUT2D eigenvalue weighted by Gasteiger charge is 2.39. The number of thiophene rings is 1. The van der Waals surface area contributed by atoms with Crippen molar-refractivity contribution in [3.05, 3.63) is 16.3 Å². The fourth-order valence-electron chi connectivity index (χ4n) is 2.20. The maximum atomic E-state index is 11.6. The molecule has 2 atom stereocenters. The van der Waals surface area contributed by atoms with E-state index in [0.717, 1.165) is 18.8 Å². The van der Waals surface area contributed by atoms with E-state index in [4.69, 9.17) is 0 Å². The summed E-state index contributed by atoms with van der Waals surface area (Å²) in [7, 11) is 0. The Morgan fingerprint density at radius 3 is 3.08 bits per heavy atom. The molecule has 1 fully saturated rings. The molecule has 0 aromatic carbocycles. The third-order valence-electron chi connectivity index (χ3n) is 2.90. The normalized spacial score (nSPS) is 30.9. The van der Waals surface area contributed by atoms with Gasteiger partial charge in [-0.3, -0.25) is 4.79 Å². The van der Waals surface area contributed by atoms with E-state index >= 15 is 0 Å². The summed E-state index contributed by atoms with van der Waals surface area (Å²) < 4.78 is 0. The summed E-state index contributed by atoms with van der Waals surface area (Å²) in [6, 6.07) is 0. The molecule has 1 saturated heterocycles. The van der Waals surface area contributed by atoms with Gasteiger partial charge in [0, 0.05) is 24.4 Å². The van der Waals surface area contributed by atoms with E-state index in [2.05, 4.69) is 16.0 Å². The van der Waals surface area contributed by atoms with E-state index in [-0.39, 0.29) is 11.8 Å². The van der Waals surface area contributed by atoms with Crippen LogP contribution in [0, 0.1) is 5.92 Å². The van der Waals surface area contributed by atoms with E-state index in [1.54, 1.807) is 11.3 Å². The Labute approximate surface area is 80.1 Å². The fraction of sp³-hybridized carbons (Fsp3) is 0.444. The number of nitrogens with one attached hydrogen (secondary N) is 2. The Kier molecular flexibility index (Phi) is 1.48. The van der Waals surface area contributed by atoms with Crippen molar-refractivity contribution in [2.75, 3.05) is 18.4 Å². The number of carbonyl (C=O) groups excluding carboxylic acids is 1. The van der Waals surface area contributed by atoms with Gasteiger partial charge in [0.05, 0.1) is 11.6 Å². The van der Waals surface area contributed by atoms with Gasteiger partial charge in [0.2, 0.25) is 5.91 Å². The first-order valence-corrected chi connectivity index (χ1v) is 5.38. The van der Waals surface area contributed by atoms with Gasteiger partial charge in [0.1, 0.15) is 0 Å². The summed E-state index contributed by atoms with van der Waals surface area (Å²) in [6.07, 6.45) is 0. The van der Waals surface area contributed by atoms with Crippen LogP contribution in [0.1, 0.15) is 11.5 Å². The number of hydrogen-bond donors (Lipinski definition) is 2. The third-order valence-corrected chi connectivity index (χ3v) is 3.66. The molecule has 0 radical (unpaired) electrons. The molecule has 0 bridgehead atoms. The van der Waals surface area contributed by atoms with Crippen LogP contribution < -0.4 is 10.6 Å². The maximum Gasteiger partial charge on any atom is 0.229 e. The van der Waals surface area contributed by atoms with Crippen LogP contribution in [0.2, 0.25) is 0 Å². The summed E-state index contributed by atoms with van der Waals surface area (Å²) in [6.45, 7) is 1.77. The van der Waals surface area contributed by atoms with Crippen molar-refractivity contribution in [2.45, 2.75) is 5.92 Å². The number of rotatable bonds is 0. The smallest absolute Gasteiger partial charge is 0.229 e. The standard InChI is InChI=1S/C9H10N2OS/c12-9-6-2-10-1-5(6)7-3-13-4-8(7)11-9/h3-6,10H,1-2H2,(H,11,12)/t5-,6+/m1/s1. The molecule has 0 aliphatic carbocycles. The number of fused-ring (bicyclic) bond motifs is 3. The highest BCUT2D eigenvalue weighted by Crippen LogP contribution is 2.39. The second-order valence-electron chi connectivity index (χ2n) is 3.60. The van der Waals surface area contributed by atoms with Crippen LogP contribution in [0.4, 0.5) is 5.69 Å². The zero-order chi connectivity index (χ0) is 8.84. The van der Waals surface area contributed by atoms with Crippen LogP contribution in [0.25, 0.3) is 0 Å². The molecular formula is C9H10N2OS. The van der Waals surface area contributed by atoms with Crippen molar-refractivity contribution >= 4 is 22.9 Å². The Balaban J connectivity index is 2.10. The van der Waals surface area contributed by atoms with E-state index in [1.807, 2.05) is 5.38 Å².